The maximum atomic E-state index is 12.6. The monoisotopic (exact) mass is 253 g/mol. The van der Waals surface area contributed by atoms with Crippen LogP contribution in [0.5, 0.6) is 0 Å². The summed E-state index contributed by atoms with van der Waals surface area (Å²) in [6.45, 7) is 0. The van der Waals surface area contributed by atoms with Crippen molar-refractivity contribution in [1.82, 2.24) is 9.97 Å². The lowest BCUT2D eigenvalue weighted by atomic mass is 10.1. The fraction of sp³-hybridized carbons (Fsp3) is 0.167. The maximum absolute atomic E-state index is 12.6. The van der Waals surface area contributed by atoms with Gasteiger partial charge in [-0.2, -0.15) is 13.2 Å². The number of hydrogen-bond donors (Lipinski definition) is 1. The number of hydrogen-bond acceptors (Lipinski definition) is 3. The molecule has 2 aromatic rings. The molecule has 2 rings (SSSR count). The molecule has 0 aliphatic heterocycles. The molecule has 1 aromatic carbocycles. The van der Waals surface area contributed by atoms with E-state index in [-0.39, 0.29) is 11.5 Å². The van der Waals surface area contributed by atoms with Crippen molar-refractivity contribution in [3.63, 3.8) is 0 Å². The number of aromatic nitrogens is 2. The van der Waals surface area contributed by atoms with E-state index in [9.17, 15) is 13.2 Å². The minimum atomic E-state index is -4.56. The number of nitrogens with one attached hydrogen (secondary N) is 1. The van der Waals surface area contributed by atoms with E-state index < -0.39 is 12.0 Å². The highest BCUT2D eigenvalue weighted by atomic mass is 19.4. The summed E-state index contributed by atoms with van der Waals surface area (Å²) in [6.07, 6.45) is -4.56. The van der Waals surface area contributed by atoms with E-state index in [0.29, 0.717) is 5.56 Å². The van der Waals surface area contributed by atoms with Gasteiger partial charge in [0, 0.05) is 18.7 Å². The first kappa shape index (κ1) is 12.3. The molecule has 0 atom stereocenters. The number of alkyl halides is 3. The fourth-order valence-electron chi connectivity index (χ4n) is 1.46. The second-order valence-corrected chi connectivity index (χ2v) is 3.58. The Hall–Kier alpha value is -2.11. The van der Waals surface area contributed by atoms with Gasteiger partial charge in [-0.25, -0.2) is 9.97 Å². The molecule has 0 bridgehead atoms. The third-order valence-corrected chi connectivity index (χ3v) is 2.31. The van der Waals surface area contributed by atoms with Gasteiger partial charge in [-0.05, 0) is 0 Å². The Morgan fingerprint density at radius 1 is 1.06 bits per heavy atom. The molecule has 0 amide bonds. The molecule has 0 aliphatic rings. The quantitative estimate of drug-likeness (QED) is 0.893. The summed E-state index contributed by atoms with van der Waals surface area (Å²) in [6, 6.07) is 10.1. The summed E-state index contributed by atoms with van der Waals surface area (Å²) < 4.78 is 37.9. The van der Waals surface area contributed by atoms with Crippen molar-refractivity contribution in [3.8, 4) is 11.3 Å². The molecule has 1 aromatic heterocycles. The number of nitrogens with zero attached hydrogens (tertiary/aromatic N) is 2. The first-order valence-corrected chi connectivity index (χ1v) is 5.20. The minimum Gasteiger partial charge on any atom is -0.373 e. The van der Waals surface area contributed by atoms with E-state index >= 15 is 0 Å². The average molecular weight is 253 g/mol. The van der Waals surface area contributed by atoms with Crippen molar-refractivity contribution in [3.05, 3.63) is 42.2 Å². The van der Waals surface area contributed by atoms with Crippen molar-refractivity contribution >= 4 is 5.82 Å². The van der Waals surface area contributed by atoms with Crippen LogP contribution in [0.1, 0.15) is 5.82 Å². The van der Waals surface area contributed by atoms with Crippen LogP contribution in [0, 0.1) is 0 Å². The van der Waals surface area contributed by atoms with Crippen LogP contribution >= 0.6 is 0 Å². The standard InChI is InChI=1S/C12H10F3N3/c1-16-10-7-9(8-5-3-2-4-6-8)17-11(18-10)12(13,14)15/h2-7H,1H3,(H,16,17,18). The Kier molecular flexibility index (Phi) is 3.18. The van der Waals surface area contributed by atoms with Gasteiger partial charge >= 0.3 is 6.18 Å². The maximum Gasteiger partial charge on any atom is 0.451 e. The zero-order valence-corrected chi connectivity index (χ0v) is 9.49. The molecule has 6 heteroatoms. The molecule has 1 N–H and O–H groups in total. The average Bonchev–Trinajstić information content (AvgIpc) is 2.38. The van der Waals surface area contributed by atoms with Gasteiger partial charge < -0.3 is 5.32 Å². The molecule has 3 nitrogen and oxygen atoms in total. The molecule has 0 aliphatic carbocycles. The Morgan fingerprint density at radius 3 is 2.28 bits per heavy atom. The third-order valence-electron chi connectivity index (χ3n) is 2.31. The van der Waals surface area contributed by atoms with E-state index in [1.54, 1.807) is 30.3 Å². The molecular weight excluding hydrogens is 243 g/mol. The summed E-state index contributed by atoms with van der Waals surface area (Å²) in [5.74, 6) is -1.01. The van der Waals surface area contributed by atoms with E-state index in [4.69, 9.17) is 0 Å². The van der Waals surface area contributed by atoms with Gasteiger partial charge in [-0.1, -0.05) is 30.3 Å². The Morgan fingerprint density at radius 2 is 1.72 bits per heavy atom. The van der Waals surface area contributed by atoms with E-state index in [1.807, 2.05) is 0 Å². The number of benzene rings is 1. The normalized spacial score (nSPS) is 11.3. The van der Waals surface area contributed by atoms with E-state index in [1.165, 1.54) is 13.1 Å². The summed E-state index contributed by atoms with van der Waals surface area (Å²) in [5, 5.41) is 2.60. The van der Waals surface area contributed by atoms with Gasteiger partial charge in [0.1, 0.15) is 5.82 Å². The van der Waals surface area contributed by atoms with Crippen LogP contribution < -0.4 is 5.32 Å². The molecule has 18 heavy (non-hydrogen) atoms. The van der Waals surface area contributed by atoms with Crippen LogP contribution in [-0.4, -0.2) is 17.0 Å². The third kappa shape index (κ3) is 2.58. The van der Waals surface area contributed by atoms with Gasteiger partial charge in [0.05, 0.1) is 5.69 Å². The first-order valence-electron chi connectivity index (χ1n) is 5.20. The highest BCUT2D eigenvalue weighted by Gasteiger charge is 2.35. The molecule has 0 radical (unpaired) electrons. The van der Waals surface area contributed by atoms with Crippen LogP contribution in [-0.2, 0) is 6.18 Å². The lowest BCUT2D eigenvalue weighted by Gasteiger charge is -2.09. The van der Waals surface area contributed by atoms with Gasteiger partial charge in [0.25, 0.3) is 0 Å². The minimum absolute atomic E-state index is 0.135. The van der Waals surface area contributed by atoms with Crippen LogP contribution in [0.3, 0.4) is 0 Å². The second-order valence-electron chi connectivity index (χ2n) is 3.58. The topological polar surface area (TPSA) is 37.8 Å². The molecule has 94 valence electrons. The lowest BCUT2D eigenvalue weighted by molar-refractivity contribution is -0.144. The largest absolute Gasteiger partial charge is 0.451 e. The second kappa shape index (κ2) is 4.64. The summed E-state index contributed by atoms with van der Waals surface area (Å²) in [7, 11) is 1.51. The molecule has 0 spiro atoms. The SMILES string of the molecule is CNc1cc(-c2ccccc2)nc(C(F)(F)F)n1. The highest BCUT2D eigenvalue weighted by Crippen LogP contribution is 2.29. The molecule has 1 heterocycles. The van der Waals surface area contributed by atoms with E-state index in [0.717, 1.165) is 0 Å². The van der Waals surface area contributed by atoms with E-state index in [2.05, 4.69) is 15.3 Å². The van der Waals surface area contributed by atoms with Crippen molar-refractivity contribution in [2.45, 2.75) is 6.18 Å². The van der Waals surface area contributed by atoms with Crippen LogP contribution in [0.2, 0.25) is 0 Å². The summed E-state index contributed by atoms with van der Waals surface area (Å²) >= 11 is 0. The van der Waals surface area contributed by atoms with Crippen molar-refractivity contribution in [2.75, 3.05) is 12.4 Å². The Labute approximate surface area is 102 Å². The molecule has 0 fully saturated rings. The number of halogens is 3. The van der Waals surface area contributed by atoms with Gasteiger partial charge in [0.15, 0.2) is 0 Å². The van der Waals surface area contributed by atoms with Gasteiger partial charge in [0.2, 0.25) is 5.82 Å². The Bertz CT molecular complexity index is 538. The van der Waals surface area contributed by atoms with Crippen LogP contribution in [0.15, 0.2) is 36.4 Å². The molecule has 0 unspecified atom stereocenters. The molecule has 0 saturated heterocycles. The van der Waals surface area contributed by atoms with Crippen molar-refractivity contribution in [1.29, 1.82) is 0 Å². The molecular formula is C12H10F3N3. The zero-order valence-electron chi connectivity index (χ0n) is 9.49. The summed E-state index contributed by atoms with van der Waals surface area (Å²) in [5.41, 5.74) is 0.851. The van der Waals surface area contributed by atoms with Crippen molar-refractivity contribution in [2.24, 2.45) is 0 Å². The molecule has 0 saturated carbocycles. The lowest BCUT2D eigenvalue weighted by Crippen LogP contribution is -2.13. The predicted octanol–water partition coefficient (Wildman–Crippen LogP) is 3.20. The zero-order chi connectivity index (χ0) is 13.2. The van der Waals surface area contributed by atoms with Gasteiger partial charge in [-0.15, -0.1) is 0 Å². The predicted molar refractivity (Wildman–Crippen MR) is 62.0 cm³/mol. The number of anilines is 1. The fourth-order valence-corrected chi connectivity index (χ4v) is 1.46. The number of rotatable bonds is 2. The van der Waals surface area contributed by atoms with Gasteiger partial charge in [-0.3, -0.25) is 0 Å². The first-order chi connectivity index (χ1) is 8.50. The van der Waals surface area contributed by atoms with Crippen LogP contribution in [0.4, 0.5) is 19.0 Å². The Balaban J connectivity index is 2.55. The van der Waals surface area contributed by atoms with Crippen LogP contribution in [0.25, 0.3) is 11.3 Å². The van der Waals surface area contributed by atoms with Crippen molar-refractivity contribution < 1.29 is 13.2 Å². The smallest absolute Gasteiger partial charge is 0.373 e. The highest BCUT2D eigenvalue weighted by molar-refractivity contribution is 5.62. The summed E-state index contributed by atoms with van der Waals surface area (Å²) in [4.78, 5) is 6.95.